The average Bonchev–Trinajstić information content (AvgIpc) is 2.27. The Labute approximate surface area is 103 Å². The Morgan fingerprint density at radius 1 is 1.35 bits per heavy atom. The van der Waals surface area contributed by atoms with Crippen molar-refractivity contribution < 1.29 is 18.3 Å². The Morgan fingerprint density at radius 3 is 2.59 bits per heavy atom. The number of carbonyl (C=O) groups excluding carboxylic acids is 1. The highest BCUT2D eigenvalue weighted by Crippen LogP contribution is 2.21. The molecular formula is C11H21NO4S. The summed E-state index contributed by atoms with van der Waals surface area (Å²) in [5.74, 6) is -0.219. The second-order valence-electron chi connectivity index (χ2n) is 4.40. The molecule has 0 aromatic carbocycles. The van der Waals surface area contributed by atoms with Crippen LogP contribution in [0.25, 0.3) is 0 Å². The molecule has 100 valence electrons. The molecule has 1 atom stereocenters. The van der Waals surface area contributed by atoms with Crippen LogP contribution in [0.15, 0.2) is 0 Å². The third-order valence-electron chi connectivity index (χ3n) is 3.03. The number of hydrogen-bond donors (Lipinski definition) is 1. The Kier molecular flexibility index (Phi) is 5.39. The van der Waals surface area contributed by atoms with Crippen LogP contribution in [-0.2, 0) is 14.6 Å². The fourth-order valence-electron chi connectivity index (χ4n) is 2.16. The summed E-state index contributed by atoms with van der Waals surface area (Å²) in [4.78, 5) is 13.6. The Bertz CT molecular complexity index is 346. The third kappa shape index (κ3) is 3.67. The first-order valence-corrected chi connectivity index (χ1v) is 7.85. The molecule has 0 bridgehead atoms. The van der Waals surface area contributed by atoms with Gasteiger partial charge in [-0.2, -0.15) is 0 Å². The fraction of sp³-hybridized carbons (Fsp3) is 0.909. The summed E-state index contributed by atoms with van der Waals surface area (Å²) in [5.41, 5.74) is 0. The minimum absolute atomic E-state index is 0.114. The van der Waals surface area contributed by atoms with Crippen LogP contribution in [0.1, 0.15) is 32.6 Å². The second kappa shape index (κ2) is 6.35. The molecule has 1 unspecified atom stereocenters. The number of aliphatic hydroxyl groups excluding tert-OH is 1. The summed E-state index contributed by atoms with van der Waals surface area (Å²) in [6.07, 6.45) is 2.62. The van der Waals surface area contributed by atoms with Gasteiger partial charge in [-0.05, 0) is 19.3 Å². The molecular weight excluding hydrogens is 242 g/mol. The molecule has 0 saturated carbocycles. The summed E-state index contributed by atoms with van der Waals surface area (Å²) >= 11 is 0. The van der Waals surface area contributed by atoms with Crippen molar-refractivity contribution in [1.82, 2.24) is 4.90 Å². The zero-order chi connectivity index (χ0) is 12.9. The Morgan fingerprint density at radius 2 is 2.06 bits per heavy atom. The SMILES string of the molecule is CCCN(CCO)C(=O)C1CCCCS1(=O)=O. The van der Waals surface area contributed by atoms with Crippen molar-refractivity contribution in [2.45, 2.75) is 37.9 Å². The Hall–Kier alpha value is -0.620. The summed E-state index contributed by atoms with van der Waals surface area (Å²) in [7, 11) is -3.28. The van der Waals surface area contributed by atoms with Crippen molar-refractivity contribution in [1.29, 1.82) is 0 Å². The first-order valence-electron chi connectivity index (χ1n) is 6.14. The molecule has 5 nitrogen and oxygen atoms in total. The maximum atomic E-state index is 12.1. The van der Waals surface area contributed by atoms with Gasteiger partial charge < -0.3 is 10.0 Å². The van der Waals surface area contributed by atoms with Crippen LogP contribution in [0.3, 0.4) is 0 Å². The van der Waals surface area contributed by atoms with Crippen LogP contribution in [0.5, 0.6) is 0 Å². The minimum atomic E-state index is -3.28. The Balaban J connectivity index is 2.78. The number of carbonyl (C=O) groups is 1. The van der Waals surface area contributed by atoms with Crippen molar-refractivity contribution in [2.24, 2.45) is 0 Å². The summed E-state index contributed by atoms with van der Waals surface area (Å²) < 4.78 is 23.7. The van der Waals surface area contributed by atoms with E-state index in [9.17, 15) is 13.2 Å². The van der Waals surface area contributed by atoms with Crippen molar-refractivity contribution in [2.75, 3.05) is 25.4 Å². The molecule has 1 fully saturated rings. The summed E-state index contributed by atoms with van der Waals surface area (Å²) in [6.45, 7) is 2.52. The second-order valence-corrected chi connectivity index (χ2v) is 6.70. The van der Waals surface area contributed by atoms with Gasteiger partial charge >= 0.3 is 0 Å². The van der Waals surface area contributed by atoms with Crippen LogP contribution >= 0.6 is 0 Å². The number of hydrogen-bond acceptors (Lipinski definition) is 4. The van der Waals surface area contributed by atoms with E-state index in [0.717, 1.165) is 12.8 Å². The molecule has 1 heterocycles. The molecule has 0 aromatic heterocycles. The average molecular weight is 263 g/mol. The van der Waals surface area contributed by atoms with Crippen molar-refractivity contribution in [3.05, 3.63) is 0 Å². The quantitative estimate of drug-likeness (QED) is 0.768. The summed E-state index contributed by atoms with van der Waals surface area (Å²) in [5, 5.41) is 8.02. The first kappa shape index (κ1) is 14.4. The van der Waals surface area contributed by atoms with E-state index >= 15 is 0 Å². The highest BCUT2D eigenvalue weighted by molar-refractivity contribution is 7.92. The molecule has 0 spiro atoms. The minimum Gasteiger partial charge on any atom is -0.395 e. The molecule has 1 saturated heterocycles. The molecule has 6 heteroatoms. The predicted molar refractivity (Wildman–Crippen MR) is 65.4 cm³/mol. The van der Waals surface area contributed by atoms with E-state index in [4.69, 9.17) is 5.11 Å². The van der Waals surface area contributed by atoms with E-state index < -0.39 is 15.1 Å². The van der Waals surface area contributed by atoms with E-state index in [2.05, 4.69) is 0 Å². The van der Waals surface area contributed by atoms with Crippen LogP contribution in [0, 0.1) is 0 Å². The molecule has 0 radical (unpaired) electrons. The smallest absolute Gasteiger partial charge is 0.240 e. The number of sulfone groups is 1. The normalized spacial score (nSPS) is 23.3. The van der Waals surface area contributed by atoms with Crippen molar-refractivity contribution in [3.8, 4) is 0 Å². The lowest BCUT2D eigenvalue weighted by Gasteiger charge is -2.28. The van der Waals surface area contributed by atoms with Crippen LogP contribution in [0.2, 0.25) is 0 Å². The number of amides is 1. The van der Waals surface area contributed by atoms with Crippen LogP contribution < -0.4 is 0 Å². The van der Waals surface area contributed by atoms with E-state index in [1.165, 1.54) is 4.90 Å². The molecule has 0 aromatic rings. The van der Waals surface area contributed by atoms with Gasteiger partial charge in [-0.3, -0.25) is 4.79 Å². The van der Waals surface area contributed by atoms with Crippen molar-refractivity contribution in [3.63, 3.8) is 0 Å². The lowest BCUT2D eigenvalue weighted by atomic mass is 10.1. The highest BCUT2D eigenvalue weighted by Gasteiger charge is 2.36. The zero-order valence-corrected chi connectivity index (χ0v) is 11.1. The van der Waals surface area contributed by atoms with E-state index in [1.807, 2.05) is 6.92 Å². The fourth-order valence-corrected chi connectivity index (χ4v) is 4.03. The maximum Gasteiger partial charge on any atom is 0.240 e. The van der Waals surface area contributed by atoms with Gasteiger partial charge in [0.2, 0.25) is 5.91 Å². The van der Waals surface area contributed by atoms with Gasteiger partial charge in [-0.25, -0.2) is 8.42 Å². The molecule has 1 rings (SSSR count). The number of rotatable bonds is 5. The standard InChI is InChI=1S/C11H21NO4S/c1-2-6-12(7-8-13)11(14)10-5-3-4-9-17(10,15)16/h10,13H,2-9H2,1H3. The first-order chi connectivity index (χ1) is 8.03. The van der Waals surface area contributed by atoms with Gasteiger partial charge in [-0.15, -0.1) is 0 Å². The maximum absolute atomic E-state index is 12.1. The van der Waals surface area contributed by atoms with Gasteiger partial charge in [0.25, 0.3) is 0 Å². The van der Waals surface area contributed by atoms with Gasteiger partial charge in [-0.1, -0.05) is 13.3 Å². The molecule has 1 amide bonds. The molecule has 17 heavy (non-hydrogen) atoms. The van der Waals surface area contributed by atoms with E-state index in [-0.39, 0.29) is 24.8 Å². The predicted octanol–water partition coefficient (Wildman–Crippen LogP) is 0.185. The van der Waals surface area contributed by atoms with Crippen LogP contribution in [0.4, 0.5) is 0 Å². The van der Waals surface area contributed by atoms with E-state index in [1.54, 1.807) is 0 Å². The van der Waals surface area contributed by atoms with Crippen molar-refractivity contribution >= 4 is 15.7 Å². The van der Waals surface area contributed by atoms with Gasteiger partial charge in [0.1, 0.15) is 5.25 Å². The molecule has 1 aliphatic rings. The number of aliphatic hydroxyl groups is 1. The number of nitrogens with zero attached hydrogens (tertiary/aromatic N) is 1. The molecule has 1 aliphatic heterocycles. The monoisotopic (exact) mass is 263 g/mol. The lowest BCUT2D eigenvalue weighted by molar-refractivity contribution is -0.131. The van der Waals surface area contributed by atoms with E-state index in [0.29, 0.717) is 19.4 Å². The van der Waals surface area contributed by atoms with Gasteiger partial charge in [0, 0.05) is 13.1 Å². The molecule has 1 N–H and O–H groups in total. The zero-order valence-electron chi connectivity index (χ0n) is 10.3. The lowest BCUT2D eigenvalue weighted by Crippen LogP contribution is -2.46. The third-order valence-corrected chi connectivity index (χ3v) is 5.19. The highest BCUT2D eigenvalue weighted by atomic mass is 32.2. The molecule has 0 aliphatic carbocycles. The van der Waals surface area contributed by atoms with Crippen LogP contribution in [-0.4, -0.2) is 55.0 Å². The topological polar surface area (TPSA) is 74.7 Å². The summed E-state index contributed by atoms with van der Waals surface area (Å²) in [6, 6.07) is 0. The largest absolute Gasteiger partial charge is 0.395 e. The van der Waals surface area contributed by atoms with Gasteiger partial charge in [0.05, 0.1) is 12.4 Å². The van der Waals surface area contributed by atoms with Gasteiger partial charge in [0.15, 0.2) is 9.84 Å².